The van der Waals surface area contributed by atoms with Crippen molar-refractivity contribution in [2.45, 2.75) is 6.85 Å². The Morgan fingerprint density at radius 1 is 0.581 bits per heavy atom. The van der Waals surface area contributed by atoms with Crippen molar-refractivity contribution in [3.8, 4) is 56.3 Å². The quantitative estimate of drug-likeness (QED) is 0.204. The summed E-state index contributed by atoms with van der Waals surface area (Å²) in [7, 11) is 0. The zero-order valence-electron chi connectivity index (χ0n) is 25.9. The van der Waals surface area contributed by atoms with Crippen LogP contribution in [0.5, 0.6) is 0 Å². The van der Waals surface area contributed by atoms with Crippen LogP contribution in [0.4, 0.5) is 0 Å². The van der Waals surface area contributed by atoms with E-state index in [4.69, 9.17) is 9.10 Å². The molecule has 0 saturated carbocycles. The molecule has 0 bridgehead atoms. The predicted octanol–water partition coefficient (Wildman–Crippen LogP) is 9.59. The third-order valence-electron chi connectivity index (χ3n) is 8.66. The first kappa shape index (κ1) is 20.9. The van der Waals surface area contributed by atoms with Gasteiger partial charge in [0.25, 0.3) is 0 Å². The average Bonchev–Trinajstić information content (AvgIpc) is 3.61. The maximum Gasteiger partial charge on any atom is 0.220 e. The molecule has 6 aromatic carbocycles. The molecule has 8 aromatic rings. The zero-order valence-corrected chi connectivity index (χ0v) is 22.9. The van der Waals surface area contributed by atoms with E-state index < -0.39 is 6.85 Å². The fraction of sp³-hybridized carbons (Fsp3) is 0.0256. The first-order chi connectivity index (χ1) is 22.4. The van der Waals surface area contributed by atoms with E-state index in [0.717, 1.165) is 66.7 Å². The Morgan fingerprint density at radius 3 is 1.86 bits per heavy atom. The molecule has 1 aliphatic carbocycles. The molecule has 0 saturated heterocycles. The molecule has 4 nitrogen and oxygen atoms in total. The standard InChI is InChI=1S/C39H24N4/c1-24-9-8-16-37-38(24)41-39-42(35-14-6-7-15-36(35)43(37)39)26-18-20-32-31-19-17-25(23-40)21-33(31)29-12-4-2-10-27(29)28-11-3-5-13-30(28)34(32)22-26/h2-22H,1H3/i1D3. The van der Waals surface area contributed by atoms with Crippen LogP contribution in [-0.2, 0) is 0 Å². The number of aryl methyl sites for hydroxylation is 1. The van der Waals surface area contributed by atoms with E-state index in [1.165, 1.54) is 0 Å². The molecule has 0 atom stereocenters. The lowest BCUT2D eigenvalue weighted by Crippen LogP contribution is -2.00. The highest BCUT2D eigenvalue weighted by Gasteiger charge is 2.24. The van der Waals surface area contributed by atoms with E-state index in [0.29, 0.717) is 16.9 Å². The van der Waals surface area contributed by atoms with Gasteiger partial charge in [-0.1, -0.05) is 84.9 Å². The van der Waals surface area contributed by atoms with Gasteiger partial charge in [0.15, 0.2) is 0 Å². The highest BCUT2D eigenvalue weighted by molar-refractivity contribution is 6.04. The average molecular weight is 552 g/mol. The highest BCUT2D eigenvalue weighted by Crippen LogP contribution is 2.48. The second kappa shape index (κ2) is 8.79. The molecule has 0 N–H and O–H groups in total. The second-order valence-electron chi connectivity index (χ2n) is 10.9. The van der Waals surface area contributed by atoms with Crippen LogP contribution in [0.1, 0.15) is 15.2 Å². The van der Waals surface area contributed by atoms with Crippen LogP contribution in [0, 0.1) is 18.2 Å². The number of nitrogens with zero attached hydrogens (tertiary/aromatic N) is 4. The van der Waals surface area contributed by atoms with Crippen LogP contribution >= 0.6 is 0 Å². The molecule has 0 amide bonds. The molecule has 2 aromatic heterocycles. The summed E-state index contributed by atoms with van der Waals surface area (Å²) in [5.41, 5.74) is 13.5. The van der Waals surface area contributed by atoms with Gasteiger partial charge >= 0.3 is 0 Å². The van der Waals surface area contributed by atoms with E-state index in [9.17, 15) is 5.26 Å². The normalized spacial score (nSPS) is 13.1. The van der Waals surface area contributed by atoms with Gasteiger partial charge in [-0.25, -0.2) is 4.98 Å². The van der Waals surface area contributed by atoms with Gasteiger partial charge in [0.05, 0.1) is 33.7 Å². The molecule has 43 heavy (non-hydrogen) atoms. The summed E-state index contributed by atoms with van der Waals surface area (Å²) in [5.74, 6) is 0.649. The van der Waals surface area contributed by atoms with Gasteiger partial charge in [0, 0.05) is 9.80 Å². The summed E-state index contributed by atoms with van der Waals surface area (Å²) < 4.78 is 28.7. The number of aromatic nitrogens is 3. The van der Waals surface area contributed by atoms with Gasteiger partial charge in [-0.3, -0.25) is 8.97 Å². The van der Waals surface area contributed by atoms with Crippen molar-refractivity contribution < 1.29 is 4.11 Å². The lowest BCUT2D eigenvalue weighted by atomic mass is 9.80. The Morgan fingerprint density at radius 2 is 1.16 bits per heavy atom. The lowest BCUT2D eigenvalue weighted by molar-refractivity contribution is 1.11. The van der Waals surface area contributed by atoms with Crippen molar-refractivity contribution in [2.24, 2.45) is 0 Å². The van der Waals surface area contributed by atoms with Crippen LogP contribution in [0.15, 0.2) is 127 Å². The third-order valence-corrected chi connectivity index (χ3v) is 8.66. The Hall–Kier alpha value is -5.92. The second-order valence-corrected chi connectivity index (χ2v) is 10.9. The minimum Gasteiger partial charge on any atom is -0.278 e. The maximum absolute atomic E-state index is 9.80. The molecule has 0 fully saturated rings. The Balaban J connectivity index is 1.39. The zero-order chi connectivity index (χ0) is 31.2. The van der Waals surface area contributed by atoms with Crippen molar-refractivity contribution in [1.29, 1.82) is 5.26 Å². The number of para-hydroxylation sites is 3. The Bertz CT molecular complexity index is 2600. The molecular formula is C39H24N4. The molecule has 0 unspecified atom stereocenters. The van der Waals surface area contributed by atoms with Crippen LogP contribution in [-0.4, -0.2) is 14.0 Å². The highest BCUT2D eigenvalue weighted by atomic mass is 15.2. The third kappa shape index (κ3) is 3.28. The van der Waals surface area contributed by atoms with Gasteiger partial charge in [-0.2, -0.15) is 5.26 Å². The topological polar surface area (TPSA) is 46.0 Å². The van der Waals surface area contributed by atoms with E-state index >= 15 is 0 Å². The van der Waals surface area contributed by atoms with Crippen LogP contribution in [0.2, 0.25) is 0 Å². The van der Waals surface area contributed by atoms with Gasteiger partial charge in [0.2, 0.25) is 5.78 Å². The SMILES string of the molecule is [2H]C([2H])([2H])c1cccc2c1nc1n(-c3ccc4c(c3)-c3ccccc3-c3ccccc3-c3cc(C#N)ccc3-4)c3ccccc3n21. The van der Waals surface area contributed by atoms with E-state index in [1.807, 2.05) is 42.5 Å². The predicted molar refractivity (Wildman–Crippen MR) is 174 cm³/mol. The van der Waals surface area contributed by atoms with Gasteiger partial charge in [-0.05, 0) is 99.4 Å². The van der Waals surface area contributed by atoms with Crippen LogP contribution in [0.25, 0.3) is 78.0 Å². The summed E-state index contributed by atoms with van der Waals surface area (Å²) in [4.78, 5) is 5.01. The Labute approximate surface area is 252 Å². The lowest BCUT2D eigenvalue weighted by Gasteiger charge is -2.24. The number of fused-ring (bicyclic) bond motifs is 13. The van der Waals surface area contributed by atoms with Crippen molar-refractivity contribution in [3.63, 3.8) is 0 Å². The van der Waals surface area contributed by atoms with Crippen molar-refractivity contribution in [3.05, 3.63) is 139 Å². The van der Waals surface area contributed by atoms with Crippen molar-refractivity contribution >= 4 is 27.8 Å². The first-order valence-corrected chi connectivity index (χ1v) is 14.2. The van der Waals surface area contributed by atoms with Crippen molar-refractivity contribution in [1.82, 2.24) is 14.0 Å². The largest absolute Gasteiger partial charge is 0.278 e. The van der Waals surface area contributed by atoms with Gasteiger partial charge in [0.1, 0.15) is 0 Å². The van der Waals surface area contributed by atoms with Crippen LogP contribution < -0.4 is 0 Å². The summed E-state index contributed by atoms with van der Waals surface area (Å²) in [6.45, 7) is -2.29. The molecule has 0 radical (unpaired) electrons. The molecule has 4 heteroatoms. The monoisotopic (exact) mass is 551 g/mol. The molecule has 9 rings (SSSR count). The number of imidazole rings is 2. The number of nitriles is 1. The summed E-state index contributed by atoms with van der Waals surface area (Å²) >= 11 is 0. The number of rotatable bonds is 1. The van der Waals surface area contributed by atoms with Crippen LogP contribution in [0.3, 0.4) is 0 Å². The maximum atomic E-state index is 9.80. The minimum atomic E-state index is -2.29. The van der Waals surface area contributed by atoms with Crippen molar-refractivity contribution in [2.75, 3.05) is 0 Å². The molecular weight excluding hydrogens is 524 g/mol. The molecule has 1 aliphatic rings. The van der Waals surface area contributed by atoms with E-state index in [-0.39, 0.29) is 5.56 Å². The molecule has 200 valence electrons. The first-order valence-electron chi connectivity index (χ1n) is 15.7. The smallest absolute Gasteiger partial charge is 0.220 e. The fourth-order valence-corrected chi connectivity index (χ4v) is 6.79. The molecule has 2 heterocycles. The summed E-state index contributed by atoms with van der Waals surface area (Å²) in [5, 5.41) is 9.80. The summed E-state index contributed by atoms with van der Waals surface area (Å²) in [6.07, 6.45) is 0. The van der Waals surface area contributed by atoms with E-state index in [2.05, 4.69) is 87.8 Å². The van der Waals surface area contributed by atoms with Gasteiger partial charge in [-0.15, -0.1) is 0 Å². The number of hydrogen-bond acceptors (Lipinski definition) is 2. The number of benzene rings is 6. The number of hydrogen-bond donors (Lipinski definition) is 0. The Kier molecular flexibility index (Phi) is 4.27. The fourth-order valence-electron chi connectivity index (χ4n) is 6.79. The van der Waals surface area contributed by atoms with E-state index in [1.54, 1.807) is 12.1 Å². The summed E-state index contributed by atoms with van der Waals surface area (Å²) in [6, 6.07) is 45.0. The minimum absolute atomic E-state index is 0.239. The van der Waals surface area contributed by atoms with Gasteiger partial charge < -0.3 is 0 Å². The molecule has 0 aliphatic heterocycles. The molecule has 0 spiro atoms.